The number of benzene rings is 2. The fraction of sp³-hybridized carbons (Fsp3) is 0.100. The third-order valence-corrected chi connectivity index (χ3v) is 4.47. The predicted molar refractivity (Wildman–Crippen MR) is 90.7 cm³/mol. The molecule has 5 rings (SSSR count). The van der Waals surface area contributed by atoms with Gasteiger partial charge >= 0.3 is 0 Å². The second-order valence-electron chi connectivity index (χ2n) is 5.94. The zero-order chi connectivity index (χ0) is 15.9. The molecule has 2 unspecified atom stereocenters. The van der Waals surface area contributed by atoms with Crippen LogP contribution in [0.3, 0.4) is 0 Å². The van der Waals surface area contributed by atoms with Crippen LogP contribution >= 0.6 is 0 Å². The molecule has 4 heteroatoms. The van der Waals surface area contributed by atoms with Crippen LogP contribution in [0.2, 0.25) is 0 Å². The third kappa shape index (κ3) is 2.04. The van der Waals surface area contributed by atoms with Gasteiger partial charge < -0.3 is 14.6 Å². The molecule has 0 saturated heterocycles. The molecule has 4 nitrogen and oxygen atoms in total. The van der Waals surface area contributed by atoms with E-state index in [2.05, 4.69) is 34.7 Å². The van der Waals surface area contributed by atoms with Crippen molar-refractivity contribution in [3.8, 4) is 5.75 Å². The van der Waals surface area contributed by atoms with Crippen molar-refractivity contribution < 1.29 is 9.15 Å². The standard InChI is InChI=1S/C20H16N2O2/c1-2-7-14(8-3-1)20-22-17(15-9-4-5-10-18(15)24-20)13-16(21-22)19-11-6-12-23-19/h1-13,17,20-21H. The van der Waals surface area contributed by atoms with Crippen molar-refractivity contribution in [2.24, 2.45) is 0 Å². The first kappa shape index (κ1) is 13.5. The zero-order valence-electron chi connectivity index (χ0n) is 12.9. The second-order valence-corrected chi connectivity index (χ2v) is 5.94. The largest absolute Gasteiger partial charge is 0.469 e. The SMILES string of the molecule is C1=C(c2ccco2)NN2C1c1ccccc1OC2c1ccccc1. The van der Waals surface area contributed by atoms with Gasteiger partial charge in [-0.15, -0.1) is 0 Å². The molecule has 0 fully saturated rings. The lowest BCUT2D eigenvalue weighted by molar-refractivity contribution is -0.0328. The summed E-state index contributed by atoms with van der Waals surface area (Å²) >= 11 is 0. The lowest BCUT2D eigenvalue weighted by Crippen LogP contribution is -2.43. The maximum atomic E-state index is 6.30. The Morgan fingerprint density at radius 1 is 0.875 bits per heavy atom. The number of hydrogen-bond donors (Lipinski definition) is 1. The molecule has 0 saturated carbocycles. The molecular weight excluding hydrogens is 300 g/mol. The summed E-state index contributed by atoms with van der Waals surface area (Å²) in [5.41, 5.74) is 6.69. The van der Waals surface area contributed by atoms with E-state index in [0.717, 1.165) is 28.3 Å². The zero-order valence-corrected chi connectivity index (χ0v) is 12.9. The average Bonchev–Trinajstić information content (AvgIpc) is 3.31. The molecule has 3 aromatic rings. The van der Waals surface area contributed by atoms with Gasteiger partial charge in [-0.1, -0.05) is 48.5 Å². The quantitative estimate of drug-likeness (QED) is 0.766. The fourth-order valence-corrected chi connectivity index (χ4v) is 3.35. The van der Waals surface area contributed by atoms with Crippen LogP contribution in [-0.2, 0) is 0 Å². The summed E-state index contributed by atoms with van der Waals surface area (Å²) in [7, 11) is 0. The summed E-state index contributed by atoms with van der Waals surface area (Å²) in [6.45, 7) is 0. The minimum Gasteiger partial charge on any atom is -0.469 e. The van der Waals surface area contributed by atoms with Gasteiger partial charge in [-0.2, -0.15) is 5.01 Å². The topological polar surface area (TPSA) is 37.6 Å². The van der Waals surface area contributed by atoms with Gasteiger partial charge in [-0.25, -0.2) is 0 Å². The van der Waals surface area contributed by atoms with Gasteiger partial charge in [0.25, 0.3) is 0 Å². The number of para-hydroxylation sites is 1. The Labute approximate surface area is 139 Å². The van der Waals surface area contributed by atoms with E-state index >= 15 is 0 Å². The van der Waals surface area contributed by atoms with E-state index in [0.29, 0.717) is 0 Å². The van der Waals surface area contributed by atoms with E-state index in [4.69, 9.17) is 9.15 Å². The van der Waals surface area contributed by atoms with Gasteiger partial charge in [0.1, 0.15) is 5.75 Å². The van der Waals surface area contributed by atoms with Crippen molar-refractivity contribution in [1.29, 1.82) is 0 Å². The number of furan rings is 1. The molecule has 118 valence electrons. The number of hydrogen-bond acceptors (Lipinski definition) is 4. The van der Waals surface area contributed by atoms with E-state index in [9.17, 15) is 0 Å². The van der Waals surface area contributed by atoms with Crippen molar-refractivity contribution in [2.45, 2.75) is 12.3 Å². The summed E-state index contributed by atoms with van der Waals surface area (Å²) in [5, 5.41) is 2.13. The molecule has 2 aromatic carbocycles. The number of hydrazine groups is 1. The maximum absolute atomic E-state index is 6.30. The third-order valence-electron chi connectivity index (χ3n) is 4.47. The highest BCUT2D eigenvalue weighted by Gasteiger charge is 2.40. The summed E-state index contributed by atoms with van der Waals surface area (Å²) in [5.74, 6) is 1.75. The van der Waals surface area contributed by atoms with Crippen LogP contribution in [0.4, 0.5) is 0 Å². The van der Waals surface area contributed by atoms with Gasteiger partial charge in [-0.05, 0) is 24.3 Å². The van der Waals surface area contributed by atoms with Gasteiger partial charge in [0.05, 0.1) is 18.0 Å². The Morgan fingerprint density at radius 3 is 2.54 bits per heavy atom. The van der Waals surface area contributed by atoms with Crippen molar-refractivity contribution in [2.75, 3.05) is 0 Å². The van der Waals surface area contributed by atoms with Crippen molar-refractivity contribution >= 4 is 5.70 Å². The number of nitrogens with zero attached hydrogens (tertiary/aromatic N) is 1. The molecule has 0 aliphatic carbocycles. The highest BCUT2D eigenvalue weighted by atomic mass is 16.5. The molecule has 2 aliphatic rings. The molecule has 3 heterocycles. The van der Waals surface area contributed by atoms with Crippen LogP contribution in [0.1, 0.15) is 29.2 Å². The molecule has 0 spiro atoms. The Kier molecular flexibility index (Phi) is 2.96. The first-order valence-electron chi connectivity index (χ1n) is 8.01. The average molecular weight is 316 g/mol. The highest BCUT2D eigenvalue weighted by molar-refractivity contribution is 5.64. The molecular formula is C20H16N2O2. The molecule has 2 aliphatic heterocycles. The van der Waals surface area contributed by atoms with Gasteiger partial charge in [0.15, 0.2) is 12.0 Å². The number of fused-ring (bicyclic) bond motifs is 3. The Morgan fingerprint density at radius 2 is 1.71 bits per heavy atom. The van der Waals surface area contributed by atoms with E-state index in [-0.39, 0.29) is 12.3 Å². The van der Waals surface area contributed by atoms with E-state index in [1.54, 1.807) is 6.26 Å². The van der Waals surface area contributed by atoms with E-state index in [1.807, 2.05) is 48.5 Å². The van der Waals surface area contributed by atoms with Crippen LogP contribution in [0, 0.1) is 0 Å². The monoisotopic (exact) mass is 316 g/mol. The lowest BCUT2D eigenvalue weighted by Gasteiger charge is -2.38. The van der Waals surface area contributed by atoms with Gasteiger partial charge in [0, 0.05) is 11.1 Å². The van der Waals surface area contributed by atoms with Crippen molar-refractivity contribution in [3.05, 3.63) is 96.0 Å². The first-order chi connectivity index (χ1) is 11.9. The van der Waals surface area contributed by atoms with Crippen LogP contribution in [0.25, 0.3) is 5.70 Å². The number of ether oxygens (including phenoxy) is 1. The summed E-state index contributed by atoms with van der Waals surface area (Å²) < 4.78 is 11.9. The van der Waals surface area contributed by atoms with Gasteiger partial charge in [0.2, 0.25) is 0 Å². The van der Waals surface area contributed by atoms with Gasteiger partial charge in [-0.3, -0.25) is 0 Å². The first-order valence-corrected chi connectivity index (χ1v) is 8.01. The second kappa shape index (κ2) is 5.28. The van der Waals surface area contributed by atoms with E-state index in [1.165, 1.54) is 0 Å². The summed E-state index contributed by atoms with van der Waals surface area (Å²) in [6, 6.07) is 22.4. The maximum Gasteiger partial charge on any atom is 0.195 e. The predicted octanol–water partition coefficient (Wildman–Crippen LogP) is 4.27. The Bertz CT molecular complexity index is 887. The molecule has 24 heavy (non-hydrogen) atoms. The lowest BCUT2D eigenvalue weighted by atomic mass is 10.0. The molecule has 0 bridgehead atoms. The van der Waals surface area contributed by atoms with Crippen LogP contribution < -0.4 is 10.2 Å². The fourth-order valence-electron chi connectivity index (χ4n) is 3.35. The van der Waals surface area contributed by atoms with Crippen LogP contribution in [0.15, 0.2) is 83.5 Å². The minimum absolute atomic E-state index is 0.0975. The van der Waals surface area contributed by atoms with Crippen molar-refractivity contribution in [1.82, 2.24) is 10.4 Å². The Balaban J connectivity index is 1.61. The smallest absolute Gasteiger partial charge is 0.195 e. The minimum atomic E-state index is -0.199. The Hall–Kier alpha value is -2.98. The molecule has 0 radical (unpaired) electrons. The van der Waals surface area contributed by atoms with Crippen LogP contribution in [0.5, 0.6) is 5.75 Å². The molecule has 0 amide bonds. The van der Waals surface area contributed by atoms with Crippen LogP contribution in [-0.4, -0.2) is 5.01 Å². The summed E-state index contributed by atoms with van der Waals surface area (Å²) in [6.07, 6.45) is 3.68. The highest BCUT2D eigenvalue weighted by Crippen LogP contribution is 2.45. The molecule has 2 atom stereocenters. The van der Waals surface area contributed by atoms with E-state index < -0.39 is 0 Å². The number of nitrogens with one attached hydrogen (secondary N) is 1. The molecule has 1 aromatic heterocycles. The number of rotatable bonds is 2. The summed E-state index contributed by atoms with van der Waals surface area (Å²) in [4.78, 5) is 0. The van der Waals surface area contributed by atoms with Crippen molar-refractivity contribution in [3.63, 3.8) is 0 Å². The normalized spacial score (nSPS) is 22.1. The molecule has 1 N–H and O–H groups in total.